The molecule has 0 aliphatic carbocycles. The van der Waals surface area contributed by atoms with Gasteiger partial charge in [-0.25, -0.2) is 0 Å². The lowest BCUT2D eigenvalue weighted by Crippen LogP contribution is -1.95. The number of nitrogens with zero attached hydrogens (tertiary/aromatic N) is 1. The second-order valence-electron chi connectivity index (χ2n) is 4.73. The number of nitrogens with two attached hydrogens (primary N) is 1. The van der Waals surface area contributed by atoms with Crippen LogP contribution in [0.5, 0.6) is 5.75 Å². The number of aromatic nitrogens is 1. The molecule has 2 N–H and O–H groups in total. The third-order valence-electron chi connectivity index (χ3n) is 3.27. The number of rotatable bonds is 5. The highest BCUT2D eigenvalue weighted by Gasteiger charge is 2.20. The van der Waals surface area contributed by atoms with Gasteiger partial charge >= 0.3 is 0 Å². The largest absolute Gasteiger partial charge is 0.497 e. The summed E-state index contributed by atoms with van der Waals surface area (Å²) in [4.78, 5) is 0. The summed E-state index contributed by atoms with van der Waals surface area (Å²) in [7, 11) is 1.65. The van der Waals surface area contributed by atoms with Crippen LogP contribution in [0, 0.1) is 0 Å². The number of methoxy groups -OCH3 is 1. The minimum atomic E-state index is 0.302. The van der Waals surface area contributed by atoms with Crippen LogP contribution in [0.25, 0.3) is 11.1 Å². The van der Waals surface area contributed by atoms with E-state index in [4.69, 9.17) is 15.0 Å². The molecule has 1 aromatic heterocycles. The normalized spacial score (nSPS) is 12.4. The van der Waals surface area contributed by atoms with Gasteiger partial charge in [0, 0.05) is 5.92 Å². The highest BCUT2D eigenvalue weighted by molar-refractivity contribution is 5.76. The zero-order valence-electron chi connectivity index (χ0n) is 11.6. The molecule has 2 rings (SSSR count). The van der Waals surface area contributed by atoms with E-state index in [1.807, 2.05) is 24.3 Å². The molecule has 0 saturated heterocycles. The minimum Gasteiger partial charge on any atom is -0.497 e. The van der Waals surface area contributed by atoms with Crippen molar-refractivity contribution in [3.63, 3.8) is 0 Å². The summed E-state index contributed by atoms with van der Waals surface area (Å²) in [6.07, 6.45) is 2.14. The first kappa shape index (κ1) is 13.5. The van der Waals surface area contributed by atoms with Crippen molar-refractivity contribution < 1.29 is 9.26 Å². The van der Waals surface area contributed by atoms with E-state index in [0.717, 1.165) is 35.5 Å². The van der Waals surface area contributed by atoms with Gasteiger partial charge in [0.25, 0.3) is 0 Å². The molecule has 1 heterocycles. The molecule has 0 saturated carbocycles. The van der Waals surface area contributed by atoms with Gasteiger partial charge in [0.1, 0.15) is 11.5 Å². The Labute approximate surface area is 113 Å². The lowest BCUT2D eigenvalue weighted by atomic mass is 9.95. The van der Waals surface area contributed by atoms with Gasteiger partial charge in [-0.15, -0.1) is 0 Å². The van der Waals surface area contributed by atoms with Crippen molar-refractivity contribution in [2.24, 2.45) is 0 Å². The number of ether oxygens (including phenoxy) is 1. The van der Waals surface area contributed by atoms with Crippen molar-refractivity contribution in [1.82, 2.24) is 5.16 Å². The van der Waals surface area contributed by atoms with E-state index in [1.165, 1.54) is 0 Å². The van der Waals surface area contributed by atoms with E-state index in [1.54, 1.807) is 7.11 Å². The van der Waals surface area contributed by atoms with Crippen LogP contribution in [0.4, 0.5) is 5.82 Å². The summed E-state index contributed by atoms with van der Waals surface area (Å²) < 4.78 is 10.7. The van der Waals surface area contributed by atoms with Crippen molar-refractivity contribution in [2.45, 2.75) is 32.6 Å². The Morgan fingerprint density at radius 1 is 1.42 bits per heavy atom. The molecule has 1 aromatic carbocycles. The smallest absolute Gasteiger partial charge is 0.175 e. The van der Waals surface area contributed by atoms with Gasteiger partial charge in [-0.05, 0) is 24.1 Å². The molecule has 102 valence electrons. The van der Waals surface area contributed by atoms with Crippen LogP contribution in [0.15, 0.2) is 28.8 Å². The van der Waals surface area contributed by atoms with Gasteiger partial charge in [-0.1, -0.05) is 37.6 Å². The van der Waals surface area contributed by atoms with Crippen LogP contribution >= 0.6 is 0 Å². The first-order valence-electron chi connectivity index (χ1n) is 6.56. The minimum absolute atomic E-state index is 0.302. The summed E-state index contributed by atoms with van der Waals surface area (Å²) in [6, 6.07) is 7.79. The van der Waals surface area contributed by atoms with Gasteiger partial charge in [0.15, 0.2) is 5.82 Å². The molecule has 0 fully saturated rings. The van der Waals surface area contributed by atoms with Crippen LogP contribution in [0.2, 0.25) is 0 Å². The predicted octanol–water partition coefficient (Wildman–Crippen LogP) is 3.84. The lowest BCUT2D eigenvalue weighted by molar-refractivity contribution is 0.362. The molecule has 2 aromatic rings. The van der Waals surface area contributed by atoms with Crippen LogP contribution in [0.3, 0.4) is 0 Å². The van der Waals surface area contributed by atoms with E-state index in [-0.39, 0.29) is 0 Å². The van der Waals surface area contributed by atoms with E-state index in [2.05, 4.69) is 19.0 Å². The molecule has 0 bridgehead atoms. The van der Waals surface area contributed by atoms with Crippen LogP contribution in [0.1, 0.15) is 38.4 Å². The molecule has 4 heteroatoms. The maximum Gasteiger partial charge on any atom is 0.175 e. The number of hydrogen-bond donors (Lipinski definition) is 1. The molecule has 1 unspecified atom stereocenters. The Morgan fingerprint density at radius 3 is 2.89 bits per heavy atom. The maximum atomic E-state index is 5.95. The highest BCUT2D eigenvalue weighted by Crippen LogP contribution is 2.36. The van der Waals surface area contributed by atoms with Crippen molar-refractivity contribution in [1.29, 1.82) is 0 Å². The third kappa shape index (κ3) is 2.72. The van der Waals surface area contributed by atoms with E-state index in [0.29, 0.717) is 11.7 Å². The SMILES string of the molecule is CCCC(C)c1onc(N)c1-c1cccc(OC)c1. The monoisotopic (exact) mass is 260 g/mol. The summed E-state index contributed by atoms with van der Waals surface area (Å²) in [5.74, 6) is 2.39. The number of benzene rings is 1. The fourth-order valence-corrected chi connectivity index (χ4v) is 2.29. The summed E-state index contributed by atoms with van der Waals surface area (Å²) in [5.41, 5.74) is 7.82. The quantitative estimate of drug-likeness (QED) is 0.887. The highest BCUT2D eigenvalue weighted by atomic mass is 16.5. The second kappa shape index (κ2) is 5.78. The van der Waals surface area contributed by atoms with Crippen molar-refractivity contribution in [3.8, 4) is 16.9 Å². The van der Waals surface area contributed by atoms with E-state index >= 15 is 0 Å². The maximum absolute atomic E-state index is 5.95. The Balaban J connectivity index is 2.45. The Morgan fingerprint density at radius 2 is 2.21 bits per heavy atom. The fourth-order valence-electron chi connectivity index (χ4n) is 2.29. The average molecular weight is 260 g/mol. The van der Waals surface area contributed by atoms with E-state index < -0.39 is 0 Å². The van der Waals surface area contributed by atoms with E-state index in [9.17, 15) is 0 Å². The molecule has 0 amide bonds. The molecular weight excluding hydrogens is 240 g/mol. The molecule has 0 spiro atoms. The zero-order valence-corrected chi connectivity index (χ0v) is 11.6. The average Bonchev–Trinajstić information content (AvgIpc) is 2.81. The first-order chi connectivity index (χ1) is 9.17. The molecular formula is C15H20N2O2. The topological polar surface area (TPSA) is 61.3 Å². The fraction of sp³-hybridized carbons (Fsp3) is 0.400. The van der Waals surface area contributed by atoms with Gasteiger partial charge in [-0.3, -0.25) is 0 Å². The molecule has 4 nitrogen and oxygen atoms in total. The lowest BCUT2D eigenvalue weighted by Gasteiger charge is -2.09. The van der Waals surface area contributed by atoms with Gasteiger partial charge in [0.05, 0.1) is 12.7 Å². The molecule has 1 atom stereocenters. The molecule has 0 aliphatic heterocycles. The van der Waals surface area contributed by atoms with Crippen LogP contribution < -0.4 is 10.5 Å². The Hall–Kier alpha value is -1.97. The zero-order chi connectivity index (χ0) is 13.8. The Kier molecular flexibility index (Phi) is 4.10. The third-order valence-corrected chi connectivity index (χ3v) is 3.27. The summed E-state index contributed by atoms with van der Waals surface area (Å²) >= 11 is 0. The van der Waals surface area contributed by atoms with Crippen LogP contribution in [-0.4, -0.2) is 12.3 Å². The standard InChI is InChI=1S/C15H20N2O2/c1-4-6-10(2)14-13(15(16)17-19-14)11-7-5-8-12(9-11)18-3/h5,7-10H,4,6H2,1-3H3,(H2,16,17). The van der Waals surface area contributed by atoms with Crippen molar-refractivity contribution >= 4 is 5.82 Å². The second-order valence-corrected chi connectivity index (χ2v) is 4.73. The van der Waals surface area contributed by atoms with Gasteiger partial charge in [-0.2, -0.15) is 0 Å². The Bertz CT molecular complexity index is 549. The first-order valence-corrected chi connectivity index (χ1v) is 6.56. The molecule has 0 aliphatic rings. The summed E-state index contributed by atoms with van der Waals surface area (Å²) in [5, 5.41) is 3.91. The van der Waals surface area contributed by atoms with Gasteiger partial charge < -0.3 is 15.0 Å². The van der Waals surface area contributed by atoms with Crippen LogP contribution in [-0.2, 0) is 0 Å². The number of anilines is 1. The molecule has 19 heavy (non-hydrogen) atoms. The van der Waals surface area contributed by atoms with Gasteiger partial charge in [0.2, 0.25) is 0 Å². The molecule has 0 radical (unpaired) electrons. The number of hydrogen-bond acceptors (Lipinski definition) is 4. The van der Waals surface area contributed by atoms with Crippen molar-refractivity contribution in [3.05, 3.63) is 30.0 Å². The predicted molar refractivity (Wildman–Crippen MR) is 76.2 cm³/mol. The summed E-state index contributed by atoms with van der Waals surface area (Å²) in [6.45, 7) is 4.29. The van der Waals surface area contributed by atoms with Crippen molar-refractivity contribution in [2.75, 3.05) is 12.8 Å². The number of nitrogen functional groups attached to an aromatic ring is 1.